The van der Waals surface area contributed by atoms with E-state index < -0.39 is 5.97 Å². The summed E-state index contributed by atoms with van der Waals surface area (Å²) in [6, 6.07) is 0. The van der Waals surface area contributed by atoms with E-state index in [0.29, 0.717) is 0 Å². The minimum absolute atomic E-state index is 0.757. The zero-order valence-electron chi connectivity index (χ0n) is 6.82. The first kappa shape index (κ1) is 9.00. The molecule has 3 nitrogen and oxygen atoms in total. The third-order valence-electron chi connectivity index (χ3n) is 1.71. The van der Waals surface area contributed by atoms with Crippen molar-refractivity contribution in [3.05, 3.63) is 23.8 Å². The van der Waals surface area contributed by atoms with Gasteiger partial charge in [-0.15, -0.1) is 0 Å². The van der Waals surface area contributed by atoms with Gasteiger partial charge < -0.3 is 9.84 Å². The highest BCUT2D eigenvalue weighted by molar-refractivity contribution is 5.80. The van der Waals surface area contributed by atoms with Gasteiger partial charge in [0.2, 0.25) is 0 Å². The molecular formula is C9H12O3. The highest BCUT2D eigenvalue weighted by Gasteiger charge is 2.03. The molecule has 0 aliphatic carbocycles. The smallest absolute Gasteiger partial charge is 0.328 e. The molecule has 0 amide bonds. The topological polar surface area (TPSA) is 46.5 Å². The maximum absolute atomic E-state index is 10.1. The SMILES string of the molecule is O=C(O)/C=C/C=C1CCOCC1. The van der Waals surface area contributed by atoms with Crippen LogP contribution in [0.15, 0.2) is 23.8 Å². The van der Waals surface area contributed by atoms with Gasteiger partial charge in [0.05, 0.1) is 13.2 Å². The molecule has 12 heavy (non-hydrogen) atoms. The number of aliphatic carboxylic acids is 1. The lowest BCUT2D eigenvalue weighted by Gasteiger charge is -2.13. The molecule has 0 aromatic rings. The fourth-order valence-corrected chi connectivity index (χ4v) is 1.07. The first-order chi connectivity index (χ1) is 5.79. The second-order valence-corrected chi connectivity index (χ2v) is 2.63. The summed E-state index contributed by atoms with van der Waals surface area (Å²) in [5.74, 6) is -0.904. The van der Waals surface area contributed by atoms with E-state index in [4.69, 9.17) is 9.84 Å². The molecule has 0 atom stereocenters. The molecule has 0 bridgehead atoms. The largest absolute Gasteiger partial charge is 0.478 e. The molecule has 1 aliphatic heterocycles. The Bertz CT molecular complexity index is 208. The second kappa shape index (κ2) is 4.72. The van der Waals surface area contributed by atoms with Crippen molar-refractivity contribution in [1.29, 1.82) is 0 Å². The zero-order valence-corrected chi connectivity index (χ0v) is 6.82. The maximum atomic E-state index is 10.1. The predicted molar refractivity (Wildman–Crippen MR) is 44.9 cm³/mol. The fraction of sp³-hybridized carbons (Fsp3) is 0.444. The Morgan fingerprint density at radius 2 is 2.08 bits per heavy atom. The summed E-state index contributed by atoms with van der Waals surface area (Å²) in [6.07, 6.45) is 6.41. The van der Waals surface area contributed by atoms with E-state index in [-0.39, 0.29) is 0 Å². The van der Waals surface area contributed by atoms with E-state index in [1.807, 2.05) is 6.08 Å². The summed E-state index contributed by atoms with van der Waals surface area (Å²) < 4.78 is 5.15. The number of allylic oxidation sites excluding steroid dienone is 2. The van der Waals surface area contributed by atoms with E-state index in [1.165, 1.54) is 5.57 Å². The Morgan fingerprint density at radius 1 is 1.42 bits per heavy atom. The third-order valence-corrected chi connectivity index (χ3v) is 1.71. The minimum atomic E-state index is -0.904. The number of hydrogen-bond acceptors (Lipinski definition) is 2. The van der Waals surface area contributed by atoms with Gasteiger partial charge in [-0.25, -0.2) is 4.79 Å². The molecule has 66 valence electrons. The molecule has 1 N–H and O–H groups in total. The number of carbonyl (C=O) groups is 1. The molecule has 0 spiro atoms. The van der Waals surface area contributed by atoms with Crippen molar-refractivity contribution < 1.29 is 14.6 Å². The summed E-state index contributed by atoms with van der Waals surface area (Å²) in [7, 11) is 0. The minimum Gasteiger partial charge on any atom is -0.478 e. The van der Waals surface area contributed by atoms with Gasteiger partial charge in [0.1, 0.15) is 0 Å². The lowest BCUT2D eigenvalue weighted by atomic mass is 10.1. The first-order valence-corrected chi connectivity index (χ1v) is 3.96. The molecule has 1 saturated heterocycles. The fourth-order valence-electron chi connectivity index (χ4n) is 1.07. The Balaban J connectivity index is 2.39. The average molecular weight is 168 g/mol. The molecule has 0 unspecified atom stereocenters. The molecule has 1 rings (SSSR count). The van der Waals surface area contributed by atoms with Crippen molar-refractivity contribution in [2.75, 3.05) is 13.2 Å². The molecule has 0 aromatic heterocycles. The maximum Gasteiger partial charge on any atom is 0.328 e. The number of hydrogen-bond donors (Lipinski definition) is 1. The van der Waals surface area contributed by atoms with Gasteiger partial charge in [-0.2, -0.15) is 0 Å². The van der Waals surface area contributed by atoms with Gasteiger partial charge in [0.25, 0.3) is 0 Å². The Kier molecular flexibility index (Phi) is 3.54. The summed E-state index contributed by atoms with van der Waals surface area (Å²) >= 11 is 0. The normalized spacial score (nSPS) is 18.2. The summed E-state index contributed by atoms with van der Waals surface area (Å²) in [5.41, 5.74) is 1.26. The lowest BCUT2D eigenvalue weighted by Crippen LogP contribution is -2.06. The Labute approximate surface area is 71.3 Å². The van der Waals surface area contributed by atoms with Crippen LogP contribution in [-0.4, -0.2) is 24.3 Å². The first-order valence-electron chi connectivity index (χ1n) is 3.96. The van der Waals surface area contributed by atoms with Crippen molar-refractivity contribution in [3.63, 3.8) is 0 Å². The summed E-state index contributed by atoms with van der Waals surface area (Å²) in [6.45, 7) is 1.51. The van der Waals surface area contributed by atoms with Crippen LogP contribution in [0.25, 0.3) is 0 Å². The van der Waals surface area contributed by atoms with Crippen molar-refractivity contribution in [2.45, 2.75) is 12.8 Å². The molecule has 3 heteroatoms. The Morgan fingerprint density at radius 3 is 2.67 bits per heavy atom. The second-order valence-electron chi connectivity index (χ2n) is 2.63. The van der Waals surface area contributed by atoms with E-state index in [0.717, 1.165) is 32.1 Å². The van der Waals surface area contributed by atoms with Crippen LogP contribution < -0.4 is 0 Å². The van der Waals surface area contributed by atoms with Crippen LogP contribution in [0.4, 0.5) is 0 Å². The van der Waals surface area contributed by atoms with Gasteiger partial charge in [0.15, 0.2) is 0 Å². The van der Waals surface area contributed by atoms with E-state index >= 15 is 0 Å². The number of ether oxygens (including phenoxy) is 1. The monoisotopic (exact) mass is 168 g/mol. The molecule has 0 radical (unpaired) electrons. The molecule has 0 saturated carbocycles. The van der Waals surface area contributed by atoms with Crippen LogP contribution in [0.2, 0.25) is 0 Å². The van der Waals surface area contributed by atoms with E-state index in [9.17, 15) is 4.79 Å². The van der Waals surface area contributed by atoms with Gasteiger partial charge in [-0.05, 0) is 12.8 Å². The van der Waals surface area contributed by atoms with Crippen LogP contribution >= 0.6 is 0 Å². The molecule has 1 aliphatic rings. The van der Waals surface area contributed by atoms with Gasteiger partial charge in [-0.3, -0.25) is 0 Å². The molecule has 0 aromatic carbocycles. The van der Waals surface area contributed by atoms with Crippen molar-refractivity contribution in [1.82, 2.24) is 0 Å². The van der Waals surface area contributed by atoms with Gasteiger partial charge >= 0.3 is 5.97 Å². The van der Waals surface area contributed by atoms with Crippen molar-refractivity contribution in [2.24, 2.45) is 0 Å². The molecular weight excluding hydrogens is 156 g/mol. The summed E-state index contributed by atoms with van der Waals surface area (Å²) in [5, 5.41) is 8.30. The highest BCUT2D eigenvalue weighted by Crippen LogP contribution is 2.12. The number of carboxylic acid groups (broad SMARTS) is 1. The molecule has 1 fully saturated rings. The van der Waals surface area contributed by atoms with Crippen molar-refractivity contribution >= 4 is 5.97 Å². The van der Waals surface area contributed by atoms with Gasteiger partial charge in [-0.1, -0.05) is 17.7 Å². The third kappa shape index (κ3) is 3.34. The standard InChI is InChI=1S/C9H12O3/c10-9(11)3-1-2-8-4-6-12-7-5-8/h1-3H,4-7H2,(H,10,11)/b3-1+. The average Bonchev–Trinajstić information content (AvgIpc) is 2.05. The van der Waals surface area contributed by atoms with Crippen molar-refractivity contribution in [3.8, 4) is 0 Å². The summed E-state index contributed by atoms with van der Waals surface area (Å²) in [4.78, 5) is 10.1. The zero-order chi connectivity index (χ0) is 8.81. The molecule has 1 heterocycles. The Hall–Kier alpha value is -1.09. The van der Waals surface area contributed by atoms with Crippen LogP contribution in [0.5, 0.6) is 0 Å². The lowest BCUT2D eigenvalue weighted by molar-refractivity contribution is -0.131. The van der Waals surface area contributed by atoms with Crippen LogP contribution in [0.3, 0.4) is 0 Å². The van der Waals surface area contributed by atoms with E-state index in [1.54, 1.807) is 6.08 Å². The van der Waals surface area contributed by atoms with Gasteiger partial charge in [0, 0.05) is 6.08 Å². The van der Waals surface area contributed by atoms with Crippen LogP contribution in [0, 0.1) is 0 Å². The predicted octanol–water partition coefficient (Wildman–Crippen LogP) is 1.36. The number of carboxylic acids is 1. The number of rotatable bonds is 2. The van der Waals surface area contributed by atoms with E-state index in [2.05, 4.69) is 0 Å². The highest BCUT2D eigenvalue weighted by atomic mass is 16.5. The van der Waals surface area contributed by atoms with Crippen LogP contribution in [0.1, 0.15) is 12.8 Å². The quantitative estimate of drug-likeness (QED) is 0.633. The van der Waals surface area contributed by atoms with Crippen LogP contribution in [-0.2, 0) is 9.53 Å².